The van der Waals surface area contributed by atoms with Gasteiger partial charge in [-0.1, -0.05) is 31.2 Å². The Balaban J connectivity index is 1.76. The number of rotatable bonds is 7. The van der Waals surface area contributed by atoms with Crippen LogP contribution in [0, 0.1) is 0 Å². The first-order chi connectivity index (χ1) is 13.4. The van der Waals surface area contributed by atoms with E-state index < -0.39 is 15.9 Å². The Bertz CT molecular complexity index is 988. The Morgan fingerprint density at radius 2 is 1.86 bits per heavy atom. The van der Waals surface area contributed by atoms with E-state index in [1.807, 2.05) is 19.1 Å². The molecule has 0 spiro atoms. The van der Waals surface area contributed by atoms with Gasteiger partial charge in [0.15, 0.2) is 0 Å². The second-order valence-electron chi connectivity index (χ2n) is 6.52. The number of nitrogens with one attached hydrogen (secondary N) is 2. The summed E-state index contributed by atoms with van der Waals surface area (Å²) in [5, 5.41) is 5.18. The minimum Gasteiger partial charge on any atom is -0.355 e. The highest BCUT2D eigenvalue weighted by Crippen LogP contribution is 2.32. The van der Waals surface area contributed by atoms with Crippen molar-refractivity contribution in [3.05, 3.63) is 59.7 Å². The van der Waals surface area contributed by atoms with Gasteiger partial charge in [-0.3, -0.25) is 13.9 Å². The molecule has 1 heterocycles. The van der Waals surface area contributed by atoms with E-state index in [9.17, 15) is 18.0 Å². The summed E-state index contributed by atoms with van der Waals surface area (Å²) in [7, 11) is -3.78. The summed E-state index contributed by atoms with van der Waals surface area (Å²) in [5.41, 5.74) is 1.85. The van der Waals surface area contributed by atoms with Crippen LogP contribution in [0.5, 0.6) is 0 Å². The molecule has 7 nitrogen and oxygen atoms in total. The highest BCUT2D eigenvalue weighted by atomic mass is 32.2. The molecule has 0 aliphatic carbocycles. The van der Waals surface area contributed by atoms with Crippen LogP contribution in [0.15, 0.2) is 53.4 Å². The molecule has 28 heavy (non-hydrogen) atoms. The second kappa shape index (κ2) is 8.43. The lowest BCUT2D eigenvalue weighted by molar-refractivity contribution is -0.120. The van der Waals surface area contributed by atoms with Gasteiger partial charge in [0, 0.05) is 18.7 Å². The molecule has 0 bridgehead atoms. The molecule has 148 valence electrons. The molecule has 0 saturated heterocycles. The third-order valence-electron chi connectivity index (χ3n) is 4.51. The minimum atomic E-state index is -3.78. The number of nitrogens with zero attached hydrogens (tertiary/aromatic N) is 1. The first-order valence-corrected chi connectivity index (χ1v) is 10.6. The lowest BCUT2D eigenvalue weighted by Gasteiger charge is -2.20. The molecule has 0 fully saturated rings. The lowest BCUT2D eigenvalue weighted by Crippen LogP contribution is -2.37. The van der Waals surface area contributed by atoms with Crippen molar-refractivity contribution in [1.82, 2.24) is 10.6 Å². The highest BCUT2D eigenvalue weighted by Gasteiger charge is 2.30. The van der Waals surface area contributed by atoms with E-state index in [4.69, 9.17) is 0 Å². The van der Waals surface area contributed by atoms with Gasteiger partial charge in [0.1, 0.15) is 0 Å². The summed E-state index contributed by atoms with van der Waals surface area (Å²) in [5.74, 6) is -0.779. The van der Waals surface area contributed by atoms with E-state index in [1.165, 1.54) is 28.6 Å². The highest BCUT2D eigenvalue weighted by molar-refractivity contribution is 7.92. The number of para-hydroxylation sites is 1. The smallest absolute Gasteiger partial charge is 0.264 e. The van der Waals surface area contributed by atoms with Crippen LogP contribution in [0.1, 0.15) is 29.3 Å². The molecule has 0 radical (unpaired) electrons. The first-order valence-electron chi connectivity index (χ1n) is 9.19. The van der Waals surface area contributed by atoms with Crippen LogP contribution in [0.4, 0.5) is 5.69 Å². The first kappa shape index (κ1) is 19.9. The van der Waals surface area contributed by atoms with Crippen LogP contribution in [0.2, 0.25) is 0 Å². The molecule has 3 rings (SSSR count). The van der Waals surface area contributed by atoms with Crippen molar-refractivity contribution < 1.29 is 18.0 Å². The van der Waals surface area contributed by atoms with Gasteiger partial charge in [-0.15, -0.1) is 0 Å². The molecular weight excluding hydrogens is 378 g/mol. The molecule has 1 aliphatic rings. The molecule has 0 saturated carbocycles. The third kappa shape index (κ3) is 4.17. The maximum atomic E-state index is 13.1. The van der Waals surface area contributed by atoms with E-state index in [2.05, 4.69) is 10.6 Å². The van der Waals surface area contributed by atoms with Crippen molar-refractivity contribution in [2.75, 3.05) is 23.9 Å². The molecule has 0 unspecified atom stereocenters. The summed E-state index contributed by atoms with van der Waals surface area (Å²) >= 11 is 0. The number of anilines is 1. The molecular formula is C20H23N3O4S. The Morgan fingerprint density at radius 3 is 2.64 bits per heavy atom. The van der Waals surface area contributed by atoms with E-state index in [-0.39, 0.29) is 22.9 Å². The number of amides is 2. The molecule has 0 aromatic heterocycles. The Hall–Kier alpha value is -2.87. The molecule has 2 N–H and O–H groups in total. The number of fused-ring (bicyclic) bond motifs is 1. The summed E-state index contributed by atoms with van der Waals surface area (Å²) in [6.07, 6.45) is 1.46. The van der Waals surface area contributed by atoms with E-state index in [0.717, 1.165) is 12.0 Å². The molecule has 2 amide bonds. The fourth-order valence-electron chi connectivity index (χ4n) is 3.07. The number of benzene rings is 2. The predicted molar refractivity (Wildman–Crippen MR) is 107 cm³/mol. The third-order valence-corrected chi connectivity index (χ3v) is 6.32. The maximum Gasteiger partial charge on any atom is 0.264 e. The Labute approximate surface area is 164 Å². The molecule has 2 aromatic rings. The molecule has 1 aliphatic heterocycles. The largest absolute Gasteiger partial charge is 0.355 e. The maximum absolute atomic E-state index is 13.1. The van der Waals surface area contributed by atoms with Gasteiger partial charge < -0.3 is 10.6 Å². The van der Waals surface area contributed by atoms with Crippen molar-refractivity contribution in [2.24, 2.45) is 0 Å². The van der Waals surface area contributed by atoms with Gasteiger partial charge in [-0.25, -0.2) is 8.42 Å². The van der Waals surface area contributed by atoms with Crippen molar-refractivity contribution in [3.63, 3.8) is 0 Å². The average molecular weight is 401 g/mol. The SMILES string of the molecule is CCCNC(=O)CNC(=O)c1cccc(S(=O)(=O)N2CCc3ccccc32)c1. The zero-order chi connectivity index (χ0) is 20.1. The Morgan fingerprint density at radius 1 is 1.07 bits per heavy atom. The standard InChI is InChI=1S/C20H23N3O4S/c1-2-11-21-19(24)14-22-20(25)16-7-5-8-17(13-16)28(26,27)23-12-10-15-6-3-4-9-18(15)23/h3-9,13H,2,10-12,14H2,1H3,(H,21,24)(H,22,25). The van der Waals surface area contributed by atoms with Gasteiger partial charge in [-0.05, 0) is 42.7 Å². The fourth-order valence-corrected chi connectivity index (χ4v) is 4.62. The summed E-state index contributed by atoms with van der Waals surface area (Å²) in [6.45, 7) is 2.69. The predicted octanol–water partition coefficient (Wildman–Crippen LogP) is 1.69. The Kier molecular flexibility index (Phi) is 5.99. The number of hydrogen-bond donors (Lipinski definition) is 2. The zero-order valence-electron chi connectivity index (χ0n) is 15.6. The normalized spacial score (nSPS) is 13.1. The summed E-state index contributed by atoms with van der Waals surface area (Å²) in [6, 6.07) is 13.3. The second-order valence-corrected chi connectivity index (χ2v) is 8.38. The zero-order valence-corrected chi connectivity index (χ0v) is 16.5. The minimum absolute atomic E-state index is 0.0484. The van der Waals surface area contributed by atoms with Crippen molar-refractivity contribution in [1.29, 1.82) is 0 Å². The molecule has 8 heteroatoms. The number of hydrogen-bond acceptors (Lipinski definition) is 4. The number of carbonyl (C=O) groups is 2. The topological polar surface area (TPSA) is 95.6 Å². The van der Waals surface area contributed by atoms with E-state index >= 15 is 0 Å². The van der Waals surface area contributed by atoms with Crippen LogP contribution in [-0.2, 0) is 21.2 Å². The quantitative estimate of drug-likeness (QED) is 0.738. The van der Waals surface area contributed by atoms with Crippen LogP contribution in [0.3, 0.4) is 0 Å². The van der Waals surface area contributed by atoms with E-state index in [0.29, 0.717) is 25.2 Å². The van der Waals surface area contributed by atoms with Gasteiger partial charge in [-0.2, -0.15) is 0 Å². The van der Waals surface area contributed by atoms with Gasteiger partial charge >= 0.3 is 0 Å². The van der Waals surface area contributed by atoms with Crippen molar-refractivity contribution in [3.8, 4) is 0 Å². The van der Waals surface area contributed by atoms with Crippen molar-refractivity contribution >= 4 is 27.5 Å². The number of carbonyl (C=O) groups excluding carboxylic acids is 2. The van der Waals surface area contributed by atoms with E-state index in [1.54, 1.807) is 12.1 Å². The van der Waals surface area contributed by atoms with Gasteiger partial charge in [0.05, 0.1) is 17.1 Å². The van der Waals surface area contributed by atoms with Gasteiger partial charge in [0.25, 0.3) is 15.9 Å². The van der Waals surface area contributed by atoms with Crippen LogP contribution >= 0.6 is 0 Å². The molecule has 2 aromatic carbocycles. The fraction of sp³-hybridized carbons (Fsp3) is 0.300. The molecule has 0 atom stereocenters. The monoisotopic (exact) mass is 401 g/mol. The van der Waals surface area contributed by atoms with Crippen LogP contribution in [0.25, 0.3) is 0 Å². The van der Waals surface area contributed by atoms with Gasteiger partial charge in [0.2, 0.25) is 5.91 Å². The summed E-state index contributed by atoms with van der Waals surface area (Å²) in [4.78, 5) is 24.0. The van der Waals surface area contributed by atoms with Crippen molar-refractivity contribution in [2.45, 2.75) is 24.7 Å². The summed E-state index contributed by atoms with van der Waals surface area (Å²) < 4.78 is 27.5. The van der Waals surface area contributed by atoms with Crippen LogP contribution in [-0.4, -0.2) is 39.9 Å². The number of sulfonamides is 1. The lowest BCUT2D eigenvalue weighted by atomic mass is 10.2. The van der Waals surface area contributed by atoms with Crippen LogP contribution < -0.4 is 14.9 Å². The average Bonchev–Trinajstić information content (AvgIpc) is 3.15.